The third-order valence-electron chi connectivity index (χ3n) is 4.32. The molecule has 0 aliphatic carbocycles. The molecule has 1 saturated heterocycles. The summed E-state index contributed by atoms with van der Waals surface area (Å²) in [7, 11) is 0. The number of halogens is 1. The standard InChI is InChI=1S/C16H24AsClN/c1-2-3-10-19(11-8-15(17)9-12-19)13-14-6-4-5-7-16(14)18/h4-7,15H,2-3,8-13H2,1H3/q+1. The van der Waals surface area contributed by atoms with Gasteiger partial charge in [0.05, 0.1) is 0 Å². The molecule has 1 fully saturated rings. The van der Waals surface area contributed by atoms with Crippen molar-refractivity contribution in [2.75, 3.05) is 19.6 Å². The first-order valence-electron chi connectivity index (χ1n) is 7.42. The summed E-state index contributed by atoms with van der Waals surface area (Å²) in [5.41, 5.74) is 1.32. The summed E-state index contributed by atoms with van der Waals surface area (Å²) in [6.45, 7) is 7.32. The minimum absolute atomic E-state index is 0.839. The van der Waals surface area contributed by atoms with E-state index in [9.17, 15) is 0 Å². The maximum atomic E-state index is 6.36. The molecule has 0 bridgehead atoms. The second kappa shape index (κ2) is 7.16. The molecule has 1 nitrogen and oxygen atoms in total. The third-order valence-corrected chi connectivity index (χ3v) is 5.78. The van der Waals surface area contributed by atoms with E-state index >= 15 is 0 Å². The van der Waals surface area contributed by atoms with Gasteiger partial charge in [0, 0.05) is 0 Å². The van der Waals surface area contributed by atoms with E-state index in [0.29, 0.717) is 0 Å². The molecule has 3 heteroatoms. The Kier molecular flexibility index (Phi) is 5.81. The van der Waals surface area contributed by atoms with Gasteiger partial charge in [0.15, 0.2) is 0 Å². The molecule has 104 valence electrons. The molecule has 1 heterocycles. The minimum atomic E-state index is 0.839. The quantitative estimate of drug-likeness (QED) is 0.556. The molecule has 0 unspecified atom stereocenters. The van der Waals surface area contributed by atoms with E-state index in [1.165, 1.54) is 55.4 Å². The van der Waals surface area contributed by atoms with Crippen molar-refractivity contribution in [3.63, 3.8) is 0 Å². The number of piperidine rings is 1. The molecule has 1 aromatic rings. The Hall–Kier alpha value is 0.0284. The number of quaternary nitrogens is 1. The number of rotatable bonds is 5. The van der Waals surface area contributed by atoms with E-state index in [2.05, 4.69) is 35.9 Å². The molecule has 0 amide bonds. The molecule has 0 aromatic heterocycles. The fourth-order valence-electron chi connectivity index (χ4n) is 3.04. The Balaban J connectivity index is 2.12. The first-order valence-corrected chi connectivity index (χ1v) is 8.88. The van der Waals surface area contributed by atoms with Gasteiger partial charge in [-0.1, -0.05) is 0 Å². The Bertz CT molecular complexity index is 394. The van der Waals surface area contributed by atoms with Gasteiger partial charge in [0.2, 0.25) is 0 Å². The van der Waals surface area contributed by atoms with Crippen LogP contribution in [0.4, 0.5) is 0 Å². The number of nitrogens with zero attached hydrogens (tertiary/aromatic N) is 1. The average Bonchev–Trinajstić information content (AvgIpc) is 2.42. The molecule has 0 N–H and O–H groups in total. The van der Waals surface area contributed by atoms with Crippen LogP contribution in [0.2, 0.25) is 9.73 Å². The summed E-state index contributed by atoms with van der Waals surface area (Å²) in [6.07, 6.45) is 5.30. The Morgan fingerprint density at radius 1 is 1.26 bits per heavy atom. The van der Waals surface area contributed by atoms with E-state index in [1.54, 1.807) is 0 Å². The van der Waals surface area contributed by atoms with Crippen LogP contribution in [0.1, 0.15) is 38.2 Å². The molecular weight excluding hydrogens is 317 g/mol. The van der Waals surface area contributed by atoms with Crippen LogP contribution in [0, 0.1) is 0 Å². The van der Waals surface area contributed by atoms with Gasteiger partial charge in [0.25, 0.3) is 0 Å². The zero-order chi connectivity index (χ0) is 13.7. The van der Waals surface area contributed by atoms with Crippen LogP contribution in [0.3, 0.4) is 0 Å². The Morgan fingerprint density at radius 3 is 2.58 bits per heavy atom. The second-order valence-corrected chi connectivity index (χ2v) is 7.79. The second-order valence-electron chi connectivity index (χ2n) is 5.85. The summed E-state index contributed by atoms with van der Waals surface area (Å²) >= 11 is 9.21. The van der Waals surface area contributed by atoms with Crippen LogP contribution < -0.4 is 0 Å². The average molecular weight is 341 g/mol. The zero-order valence-electron chi connectivity index (χ0n) is 11.8. The summed E-state index contributed by atoms with van der Waals surface area (Å²) in [4.78, 5) is 0. The topological polar surface area (TPSA) is 0 Å². The van der Waals surface area contributed by atoms with E-state index in [4.69, 9.17) is 11.6 Å². The van der Waals surface area contributed by atoms with Gasteiger partial charge >= 0.3 is 131 Å². The zero-order valence-corrected chi connectivity index (χ0v) is 14.4. The van der Waals surface area contributed by atoms with Crippen molar-refractivity contribution in [1.29, 1.82) is 0 Å². The van der Waals surface area contributed by atoms with E-state index in [1.807, 2.05) is 12.1 Å². The third kappa shape index (κ3) is 4.25. The monoisotopic (exact) mass is 340 g/mol. The molecule has 0 saturated carbocycles. The predicted octanol–water partition coefficient (Wildman–Crippen LogP) is 4.21. The number of unbranched alkanes of at least 4 members (excludes halogenated alkanes) is 1. The van der Waals surface area contributed by atoms with Gasteiger partial charge < -0.3 is 0 Å². The van der Waals surface area contributed by atoms with E-state index in [-0.39, 0.29) is 0 Å². The molecule has 19 heavy (non-hydrogen) atoms. The van der Waals surface area contributed by atoms with Crippen molar-refractivity contribution in [2.45, 2.75) is 43.9 Å². The summed E-state index contributed by atoms with van der Waals surface area (Å²) in [5.74, 6) is 0. The Morgan fingerprint density at radius 2 is 1.95 bits per heavy atom. The van der Waals surface area contributed by atoms with Gasteiger partial charge in [0.1, 0.15) is 0 Å². The van der Waals surface area contributed by atoms with Gasteiger partial charge in [-0.3, -0.25) is 0 Å². The molecule has 1 aromatic carbocycles. The van der Waals surface area contributed by atoms with E-state index < -0.39 is 0 Å². The maximum absolute atomic E-state index is 6.36. The van der Waals surface area contributed by atoms with Crippen molar-refractivity contribution >= 4 is 28.5 Å². The SMILES string of the molecule is CCCC[N+]1(Cc2ccccc2Cl)CCC([As])CC1. The number of hydrogen-bond donors (Lipinski definition) is 0. The normalized spacial score (nSPS) is 27.4. The molecule has 2 rings (SSSR count). The van der Waals surface area contributed by atoms with Gasteiger partial charge in [-0.05, 0) is 0 Å². The molecular formula is C16H24AsClN+. The molecule has 1 aliphatic heterocycles. The van der Waals surface area contributed by atoms with Crippen LogP contribution in [0.5, 0.6) is 0 Å². The van der Waals surface area contributed by atoms with Gasteiger partial charge in [-0.25, -0.2) is 0 Å². The van der Waals surface area contributed by atoms with Crippen LogP contribution in [0.15, 0.2) is 24.3 Å². The fourth-order valence-corrected chi connectivity index (χ4v) is 3.72. The summed E-state index contributed by atoms with van der Waals surface area (Å²) < 4.78 is 2.08. The Labute approximate surface area is 131 Å². The first-order chi connectivity index (χ1) is 9.15. The first kappa shape index (κ1) is 15.4. The van der Waals surface area contributed by atoms with Crippen LogP contribution >= 0.6 is 11.6 Å². The fraction of sp³-hybridized carbons (Fsp3) is 0.625. The van der Waals surface area contributed by atoms with Crippen molar-refractivity contribution < 1.29 is 4.48 Å². The molecule has 1 aliphatic rings. The van der Waals surface area contributed by atoms with E-state index in [0.717, 1.165) is 16.3 Å². The van der Waals surface area contributed by atoms with Gasteiger partial charge in [-0.2, -0.15) is 0 Å². The van der Waals surface area contributed by atoms with Crippen molar-refractivity contribution in [1.82, 2.24) is 0 Å². The molecule has 0 atom stereocenters. The van der Waals surface area contributed by atoms with Crippen LogP contribution in [-0.4, -0.2) is 41.0 Å². The van der Waals surface area contributed by atoms with Gasteiger partial charge in [-0.15, -0.1) is 0 Å². The van der Waals surface area contributed by atoms with Crippen molar-refractivity contribution in [3.05, 3.63) is 34.9 Å². The molecule has 0 spiro atoms. The number of benzene rings is 1. The number of likely N-dealkylation sites (tertiary alicyclic amines) is 1. The van der Waals surface area contributed by atoms with Crippen LogP contribution in [-0.2, 0) is 6.54 Å². The molecule has 2 radical (unpaired) electrons. The van der Waals surface area contributed by atoms with Crippen molar-refractivity contribution in [3.8, 4) is 0 Å². The number of hydrogen-bond acceptors (Lipinski definition) is 0. The predicted molar refractivity (Wildman–Crippen MR) is 83.7 cm³/mol. The van der Waals surface area contributed by atoms with Crippen molar-refractivity contribution in [2.24, 2.45) is 0 Å². The van der Waals surface area contributed by atoms with Crippen LogP contribution in [0.25, 0.3) is 0 Å². The summed E-state index contributed by atoms with van der Waals surface area (Å²) in [5, 5.41) is 0.936. The summed E-state index contributed by atoms with van der Waals surface area (Å²) in [6, 6.07) is 8.36.